The lowest BCUT2D eigenvalue weighted by Gasteiger charge is -2.13. The Morgan fingerprint density at radius 1 is 1.15 bits per heavy atom. The fourth-order valence-electron chi connectivity index (χ4n) is 2.33. The number of carbonyl (C=O) groups excluding carboxylic acids is 1. The molecule has 0 bridgehead atoms. The van der Waals surface area contributed by atoms with E-state index in [4.69, 9.17) is 22.2 Å². The molecule has 0 heterocycles. The topological polar surface area (TPSA) is 74.2 Å². The maximum absolute atomic E-state index is 12.5. The summed E-state index contributed by atoms with van der Waals surface area (Å²) in [5.74, 6) is 0.171. The van der Waals surface area contributed by atoms with E-state index in [-0.39, 0.29) is 11.0 Å². The van der Waals surface area contributed by atoms with Gasteiger partial charge in [0.05, 0.1) is 23.4 Å². The van der Waals surface area contributed by atoms with Crippen LogP contribution in [0.3, 0.4) is 0 Å². The maximum atomic E-state index is 12.5. The van der Waals surface area contributed by atoms with E-state index < -0.39 is 0 Å². The number of carbonyl (C=O) groups is 1. The third-order valence-corrected chi connectivity index (χ3v) is 3.86. The zero-order valence-corrected chi connectivity index (χ0v) is 15.4. The molecule has 1 amide bonds. The van der Waals surface area contributed by atoms with E-state index in [1.165, 1.54) is 0 Å². The smallest absolute Gasteiger partial charge is 0.261 e. The number of ether oxygens (including phenoxy) is 1. The highest BCUT2D eigenvalue weighted by atomic mass is 32.1. The number of nitrogens with zero attached hydrogens (tertiary/aromatic N) is 1. The molecule has 2 rings (SSSR count). The lowest BCUT2D eigenvalue weighted by Crippen LogP contribution is -2.34. The lowest BCUT2D eigenvalue weighted by atomic mass is 10.2. The number of benzene rings is 2. The molecule has 0 aliphatic rings. The molecule has 2 N–H and O–H groups in total. The maximum Gasteiger partial charge on any atom is 0.261 e. The number of para-hydroxylation sites is 2. The molecule has 0 aliphatic heterocycles. The summed E-state index contributed by atoms with van der Waals surface area (Å²) in [7, 11) is 0. The number of hydrogen-bond donors (Lipinski definition) is 2. The Balaban J connectivity index is 2.01. The minimum atomic E-state index is -0.358. The van der Waals surface area contributed by atoms with Crippen molar-refractivity contribution in [3.63, 3.8) is 0 Å². The monoisotopic (exact) mass is 367 g/mol. The Labute approximate surface area is 159 Å². The number of nitriles is 1. The van der Waals surface area contributed by atoms with Crippen molar-refractivity contribution in [3.05, 3.63) is 59.7 Å². The van der Waals surface area contributed by atoms with E-state index in [9.17, 15) is 4.79 Å². The van der Waals surface area contributed by atoms with E-state index in [1.54, 1.807) is 42.5 Å². The molecular formula is C20H21N3O2S. The van der Waals surface area contributed by atoms with E-state index in [1.807, 2.05) is 6.07 Å². The average Bonchev–Trinajstić information content (AvgIpc) is 2.66. The molecule has 2 aromatic carbocycles. The first-order chi connectivity index (χ1) is 12.7. The molecule has 0 aliphatic carbocycles. The van der Waals surface area contributed by atoms with E-state index in [0.717, 1.165) is 19.3 Å². The number of amides is 1. The number of nitrogens with one attached hydrogen (secondary N) is 2. The Morgan fingerprint density at radius 3 is 2.65 bits per heavy atom. The van der Waals surface area contributed by atoms with Gasteiger partial charge in [-0.3, -0.25) is 10.1 Å². The van der Waals surface area contributed by atoms with Gasteiger partial charge in [-0.05, 0) is 42.9 Å². The summed E-state index contributed by atoms with van der Waals surface area (Å²) in [6, 6.07) is 16.1. The second kappa shape index (κ2) is 10.2. The standard InChI is InChI=1S/C20H21N3O2S/c1-2-3-8-13-25-18-12-7-5-10-16(18)19(24)23-20(26)22-17-11-6-4-9-15(17)14-21/h4-7,9-12H,2-3,8,13H2,1H3,(H2,22,23,24,26). The normalized spacial score (nSPS) is 9.85. The highest BCUT2D eigenvalue weighted by Gasteiger charge is 2.14. The molecular weight excluding hydrogens is 346 g/mol. The van der Waals surface area contributed by atoms with Gasteiger partial charge in [0.25, 0.3) is 5.91 Å². The summed E-state index contributed by atoms with van der Waals surface area (Å²) >= 11 is 5.19. The van der Waals surface area contributed by atoms with Crippen LogP contribution in [0, 0.1) is 11.3 Å². The van der Waals surface area contributed by atoms with Gasteiger partial charge in [-0.2, -0.15) is 5.26 Å². The van der Waals surface area contributed by atoms with Crippen LogP contribution in [0.2, 0.25) is 0 Å². The highest BCUT2D eigenvalue weighted by Crippen LogP contribution is 2.19. The third kappa shape index (κ3) is 5.57. The van der Waals surface area contributed by atoms with Crippen LogP contribution in [0.25, 0.3) is 0 Å². The molecule has 6 heteroatoms. The van der Waals surface area contributed by atoms with Crippen molar-refractivity contribution in [2.75, 3.05) is 11.9 Å². The third-order valence-electron chi connectivity index (χ3n) is 3.66. The molecule has 0 atom stereocenters. The van der Waals surface area contributed by atoms with Crippen LogP contribution in [0.5, 0.6) is 5.75 Å². The number of thiocarbonyl (C=S) groups is 1. The molecule has 0 saturated heterocycles. The van der Waals surface area contributed by atoms with Crippen LogP contribution in [-0.2, 0) is 0 Å². The Morgan fingerprint density at radius 2 is 1.88 bits per heavy atom. The van der Waals surface area contributed by atoms with Gasteiger partial charge in [0.2, 0.25) is 0 Å². The van der Waals surface area contributed by atoms with E-state index in [0.29, 0.717) is 29.2 Å². The zero-order valence-electron chi connectivity index (χ0n) is 14.6. The molecule has 0 radical (unpaired) electrons. The molecule has 134 valence electrons. The number of hydrogen-bond acceptors (Lipinski definition) is 4. The van der Waals surface area contributed by atoms with Crippen molar-refractivity contribution < 1.29 is 9.53 Å². The van der Waals surface area contributed by atoms with Gasteiger partial charge in [-0.1, -0.05) is 44.0 Å². The van der Waals surface area contributed by atoms with Crippen molar-refractivity contribution in [2.24, 2.45) is 0 Å². The average molecular weight is 367 g/mol. The number of unbranched alkanes of at least 4 members (excludes halogenated alkanes) is 2. The molecule has 0 saturated carbocycles. The fraction of sp³-hybridized carbons (Fsp3) is 0.250. The predicted molar refractivity (Wildman–Crippen MR) is 106 cm³/mol. The van der Waals surface area contributed by atoms with Crippen molar-refractivity contribution in [2.45, 2.75) is 26.2 Å². The van der Waals surface area contributed by atoms with Crippen LogP contribution in [0.4, 0.5) is 5.69 Å². The second-order valence-electron chi connectivity index (χ2n) is 5.62. The molecule has 2 aromatic rings. The second-order valence-corrected chi connectivity index (χ2v) is 6.03. The van der Waals surface area contributed by atoms with Gasteiger partial charge in [-0.25, -0.2) is 0 Å². The fourth-order valence-corrected chi connectivity index (χ4v) is 2.53. The van der Waals surface area contributed by atoms with Gasteiger partial charge >= 0.3 is 0 Å². The van der Waals surface area contributed by atoms with Crippen LogP contribution < -0.4 is 15.4 Å². The van der Waals surface area contributed by atoms with Crippen molar-refractivity contribution in [1.82, 2.24) is 5.32 Å². The lowest BCUT2D eigenvalue weighted by molar-refractivity contribution is 0.0973. The Bertz CT molecular complexity index is 815. The number of rotatable bonds is 7. The zero-order chi connectivity index (χ0) is 18.8. The summed E-state index contributed by atoms with van der Waals surface area (Å²) in [5, 5.41) is 14.7. The van der Waals surface area contributed by atoms with E-state index in [2.05, 4.69) is 23.6 Å². The Hall–Kier alpha value is -2.91. The van der Waals surface area contributed by atoms with Crippen molar-refractivity contribution >= 4 is 28.9 Å². The predicted octanol–water partition coefficient (Wildman–Crippen LogP) is 4.25. The largest absolute Gasteiger partial charge is 0.493 e. The van der Waals surface area contributed by atoms with Gasteiger partial charge in [0.15, 0.2) is 5.11 Å². The summed E-state index contributed by atoms with van der Waals surface area (Å²) < 4.78 is 5.73. The minimum absolute atomic E-state index is 0.124. The van der Waals surface area contributed by atoms with Gasteiger partial charge in [-0.15, -0.1) is 0 Å². The highest BCUT2D eigenvalue weighted by molar-refractivity contribution is 7.80. The molecule has 26 heavy (non-hydrogen) atoms. The molecule has 0 unspecified atom stereocenters. The van der Waals surface area contributed by atoms with Crippen molar-refractivity contribution in [1.29, 1.82) is 5.26 Å². The molecule has 0 spiro atoms. The molecule has 0 fully saturated rings. The first-order valence-corrected chi connectivity index (χ1v) is 8.89. The van der Waals surface area contributed by atoms with Crippen LogP contribution in [0.1, 0.15) is 42.1 Å². The van der Waals surface area contributed by atoms with Crippen LogP contribution in [0.15, 0.2) is 48.5 Å². The van der Waals surface area contributed by atoms with Crippen molar-refractivity contribution in [3.8, 4) is 11.8 Å². The quantitative estimate of drug-likeness (QED) is 0.565. The van der Waals surface area contributed by atoms with Crippen LogP contribution in [-0.4, -0.2) is 17.6 Å². The Kier molecular flexibility index (Phi) is 7.59. The number of anilines is 1. The van der Waals surface area contributed by atoms with Gasteiger partial charge < -0.3 is 10.1 Å². The first kappa shape index (κ1) is 19.4. The SMILES string of the molecule is CCCCCOc1ccccc1C(=O)NC(=S)Nc1ccccc1C#N. The first-order valence-electron chi connectivity index (χ1n) is 8.49. The summed E-state index contributed by atoms with van der Waals surface area (Å²) in [5.41, 5.74) is 1.41. The van der Waals surface area contributed by atoms with Gasteiger partial charge in [0, 0.05) is 0 Å². The van der Waals surface area contributed by atoms with E-state index >= 15 is 0 Å². The van der Waals surface area contributed by atoms with Gasteiger partial charge in [0.1, 0.15) is 11.8 Å². The minimum Gasteiger partial charge on any atom is -0.493 e. The molecule has 5 nitrogen and oxygen atoms in total. The van der Waals surface area contributed by atoms with Crippen LogP contribution >= 0.6 is 12.2 Å². The molecule has 0 aromatic heterocycles. The summed E-state index contributed by atoms with van der Waals surface area (Å²) in [6.07, 6.45) is 3.13. The summed E-state index contributed by atoms with van der Waals surface area (Å²) in [6.45, 7) is 2.69. The summed E-state index contributed by atoms with van der Waals surface area (Å²) in [4.78, 5) is 12.5.